The first-order chi connectivity index (χ1) is 14.6. The second-order valence-corrected chi connectivity index (χ2v) is 7.65. The number of aryl methyl sites for hydroxylation is 1. The van der Waals surface area contributed by atoms with Crippen molar-refractivity contribution in [3.63, 3.8) is 0 Å². The molecule has 30 heavy (non-hydrogen) atoms. The number of rotatable bonds is 10. The summed E-state index contributed by atoms with van der Waals surface area (Å²) >= 11 is 0. The van der Waals surface area contributed by atoms with E-state index in [2.05, 4.69) is 17.3 Å². The molecule has 1 N–H and O–H groups in total. The van der Waals surface area contributed by atoms with Crippen molar-refractivity contribution in [2.24, 2.45) is 0 Å². The van der Waals surface area contributed by atoms with Gasteiger partial charge in [0.05, 0.1) is 0 Å². The molecule has 2 aromatic rings. The minimum Gasteiger partial charge on any atom is -0.492 e. The fourth-order valence-corrected chi connectivity index (χ4v) is 3.47. The highest BCUT2D eigenvalue weighted by molar-refractivity contribution is 5.77. The Bertz CT molecular complexity index is 805. The van der Waals surface area contributed by atoms with E-state index in [1.165, 1.54) is 0 Å². The van der Waals surface area contributed by atoms with Gasteiger partial charge in [-0.05, 0) is 56.1 Å². The summed E-state index contributed by atoms with van der Waals surface area (Å²) in [5, 5.41) is 2.89. The maximum absolute atomic E-state index is 12.1. The van der Waals surface area contributed by atoms with Crippen LogP contribution in [0.3, 0.4) is 0 Å². The van der Waals surface area contributed by atoms with E-state index in [0.717, 1.165) is 55.2 Å². The Labute approximate surface area is 179 Å². The molecule has 0 spiro atoms. The Hall–Kier alpha value is -2.57. The number of ether oxygens (including phenoxy) is 3. The smallest absolute Gasteiger partial charge is 0.258 e. The molecule has 0 saturated carbocycles. The molecular formula is C24H32N2O4. The summed E-state index contributed by atoms with van der Waals surface area (Å²) in [4.78, 5) is 14.4. The number of amides is 1. The Morgan fingerprint density at radius 2 is 1.93 bits per heavy atom. The summed E-state index contributed by atoms with van der Waals surface area (Å²) in [5.41, 5.74) is 2.01. The number of likely N-dealkylation sites (N-methyl/N-ethyl adjacent to an activating group) is 1. The standard InChI is InChI=1S/C24H32N2O4/c1-19-6-3-4-9-23(19)30-18-24(27)25-17-20-7-5-8-22(16-20)29-15-12-26(2)21-10-13-28-14-11-21/h3-9,16,21H,10-15,17-18H2,1-2H3,(H,25,27). The summed E-state index contributed by atoms with van der Waals surface area (Å²) in [7, 11) is 2.14. The minimum atomic E-state index is -0.150. The third-order valence-electron chi connectivity index (χ3n) is 5.37. The van der Waals surface area contributed by atoms with Crippen LogP contribution in [0.4, 0.5) is 0 Å². The van der Waals surface area contributed by atoms with Crippen LogP contribution < -0.4 is 14.8 Å². The molecule has 1 aliphatic heterocycles. The zero-order chi connectivity index (χ0) is 21.2. The van der Waals surface area contributed by atoms with E-state index < -0.39 is 0 Å². The average molecular weight is 413 g/mol. The molecule has 0 radical (unpaired) electrons. The fraction of sp³-hybridized carbons (Fsp3) is 0.458. The third-order valence-corrected chi connectivity index (χ3v) is 5.37. The lowest BCUT2D eigenvalue weighted by atomic mass is 10.1. The molecule has 1 saturated heterocycles. The zero-order valence-corrected chi connectivity index (χ0v) is 17.9. The minimum absolute atomic E-state index is 0.000411. The Morgan fingerprint density at radius 1 is 1.13 bits per heavy atom. The van der Waals surface area contributed by atoms with Gasteiger partial charge in [0.2, 0.25) is 0 Å². The first kappa shape index (κ1) is 22.1. The number of nitrogens with one attached hydrogen (secondary N) is 1. The number of carbonyl (C=O) groups excluding carboxylic acids is 1. The van der Waals surface area contributed by atoms with Gasteiger partial charge in [0.25, 0.3) is 5.91 Å². The van der Waals surface area contributed by atoms with Crippen LogP contribution in [-0.2, 0) is 16.1 Å². The van der Waals surface area contributed by atoms with Crippen LogP contribution in [0.5, 0.6) is 11.5 Å². The molecule has 2 aromatic carbocycles. The Morgan fingerprint density at radius 3 is 2.73 bits per heavy atom. The van der Waals surface area contributed by atoms with Gasteiger partial charge >= 0.3 is 0 Å². The third kappa shape index (κ3) is 7.04. The van der Waals surface area contributed by atoms with E-state index >= 15 is 0 Å². The van der Waals surface area contributed by atoms with E-state index in [1.807, 2.05) is 55.5 Å². The fourth-order valence-electron chi connectivity index (χ4n) is 3.47. The summed E-state index contributed by atoms with van der Waals surface area (Å²) < 4.78 is 16.9. The largest absolute Gasteiger partial charge is 0.492 e. The van der Waals surface area contributed by atoms with Gasteiger partial charge in [-0.25, -0.2) is 0 Å². The molecule has 0 aliphatic carbocycles. The van der Waals surface area contributed by atoms with Crippen molar-refractivity contribution in [3.8, 4) is 11.5 Å². The normalized spacial score (nSPS) is 14.5. The summed E-state index contributed by atoms with van der Waals surface area (Å²) in [5.74, 6) is 1.40. The van der Waals surface area contributed by atoms with Crippen LogP contribution in [0, 0.1) is 6.92 Å². The molecule has 0 unspecified atom stereocenters. The van der Waals surface area contributed by atoms with E-state index in [9.17, 15) is 4.79 Å². The van der Waals surface area contributed by atoms with Crippen LogP contribution >= 0.6 is 0 Å². The van der Waals surface area contributed by atoms with Gasteiger partial charge in [0, 0.05) is 32.3 Å². The number of hydrogen-bond donors (Lipinski definition) is 1. The van der Waals surface area contributed by atoms with E-state index in [-0.39, 0.29) is 12.5 Å². The number of para-hydroxylation sites is 1. The van der Waals surface area contributed by atoms with Crippen molar-refractivity contribution in [1.82, 2.24) is 10.2 Å². The zero-order valence-electron chi connectivity index (χ0n) is 17.9. The van der Waals surface area contributed by atoms with E-state index in [4.69, 9.17) is 14.2 Å². The molecule has 3 rings (SSSR count). The molecule has 162 valence electrons. The van der Waals surface area contributed by atoms with Crippen molar-refractivity contribution in [1.29, 1.82) is 0 Å². The summed E-state index contributed by atoms with van der Waals surface area (Å²) in [6.07, 6.45) is 2.17. The second-order valence-electron chi connectivity index (χ2n) is 7.65. The molecule has 0 bridgehead atoms. The molecule has 6 heteroatoms. The van der Waals surface area contributed by atoms with Gasteiger partial charge in [-0.1, -0.05) is 30.3 Å². The predicted octanol–water partition coefficient (Wildman–Crippen LogP) is 3.18. The van der Waals surface area contributed by atoms with Crippen LogP contribution in [0.15, 0.2) is 48.5 Å². The van der Waals surface area contributed by atoms with Crippen molar-refractivity contribution in [2.75, 3.05) is 40.0 Å². The second kappa shape index (κ2) is 11.6. The van der Waals surface area contributed by atoms with E-state index in [0.29, 0.717) is 19.2 Å². The highest BCUT2D eigenvalue weighted by Gasteiger charge is 2.18. The molecular weight excluding hydrogens is 380 g/mol. The van der Waals surface area contributed by atoms with Crippen molar-refractivity contribution in [2.45, 2.75) is 32.4 Å². The van der Waals surface area contributed by atoms with Crippen LogP contribution in [0.2, 0.25) is 0 Å². The molecule has 0 atom stereocenters. The van der Waals surface area contributed by atoms with Gasteiger partial charge in [-0.2, -0.15) is 0 Å². The number of carbonyl (C=O) groups is 1. The highest BCUT2D eigenvalue weighted by Crippen LogP contribution is 2.17. The molecule has 6 nitrogen and oxygen atoms in total. The van der Waals surface area contributed by atoms with Crippen molar-refractivity contribution in [3.05, 3.63) is 59.7 Å². The molecule has 1 aliphatic rings. The lowest BCUT2D eigenvalue weighted by Gasteiger charge is -2.31. The Kier molecular flexibility index (Phi) is 8.53. The molecule has 1 fully saturated rings. The van der Waals surface area contributed by atoms with Gasteiger partial charge < -0.3 is 19.5 Å². The molecule has 1 heterocycles. The Balaban J connectivity index is 1.38. The monoisotopic (exact) mass is 412 g/mol. The van der Waals surface area contributed by atoms with Gasteiger partial charge in [-0.3, -0.25) is 9.69 Å². The maximum Gasteiger partial charge on any atom is 0.258 e. The average Bonchev–Trinajstić information content (AvgIpc) is 2.78. The van der Waals surface area contributed by atoms with Crippen LogP contribution in [-0.4, -0.2) is 56.9 Å². The predicted molar refractivity (Wildman–Crippen MR) is 117 cm³/mol. The van der Waals surface area contributed by atoms with E-state index in [1.54, 1.807) is 0 Å². The first-order valence-electron chi connectivity index (χ1n) is 10.6. The molecule has 1 amide bonds. The maximum atomic E-state index is 12.1. The SMILES string of the molecule is Cc1ccccc1OCC(=O)NCc1cccc(OCCN(C)C2CCOCC2)c1. The van der Waals surface area contributed by atoms with Gasteiger partial charge in [0.15, 0.2) is 6.61 Å². The van der Waals surface area contributed by atoms with Gasteiger partial charge in [0.1, 0.15) is 18.1 Å². The van der Waals surface area contributed by atoms with Crippen LogP contribution in [0.25, 0.3) is 0 Å². The lowest BCUT2D eigenvalue weighted by Crippen LogP contribution is -2.38. The van der Waals surface area contributed by atoms with Crippen LogP contribution in [0.1, 0.15) is 24.0 Å². The van der Waals surface area contributed by atoms with Crippen molar-refractivity contribution < 1.29 is 19.0 Å². The number of nitrogens with zero attached hydrogens (tertiary/aromatic N) is 1. The number of benzene rings is 2. The highest BCUT2D eigenvalue weighted by atomic mass is 16.5. The topological polar surface area (TPSA) is 60.0 Å². The quantitative estimate of drug-likeness (QED) is 0.650. The molecule has 0 aromatic heterocycles. The lowest BCUT2D eigenvalue weighted by molar-refractivity contribution is -0.123. The summed E-state index contributed by atoms with van der Waals surface area (Å²) in [6, 6.07) is 16.1. The number of hydrogen-bond acceptors (Lipinski definition) is 5. The summed E-state index contributed by atoms with van der Waals surface area (Å²) in [6.45, 7) is 5.60. The first-order valence-corrected chi connectivity index (χ1v) is 10.6. The van der Waals surface area contributed by atoms with Crippen molar-refractivity contribution >= 4 is 5.91 Å². The van der Waals surface area contributed by atoms with Gasteiger partial charge in [-0.15, -0.1) is 0 Å².